The molecule has 2 amide bonds. The summed E-state index contributed by atoms with van der Waals surface area (Å²) in [5.74, 6) is 0. The molecule has 0 spiro atoms. The Bertz CT molecular complexity index is 274. The zero-order chi connectivity index (χ0) is 10.2. The summed E-state index contributed by atoms with van der Waals surface area (Å²) in [5.41, 5.74) is 0.860. The van der Waals surface area contributed by atoms with E-state index >= 15 is 0 Å². The van der Waals surface area contributed by atoms with Gasteiger partial charge in [0.05, 0.1) is 12.2 Å². The lowest BCUT2D eigenvalue weighted by Crippen LogP contribution is -2.35. The number of amides is 2. The second-order valence-corrected chi connectivity index (χ2v) is 2.93. The molecule has 0 saturated heterocycles. The van der Waals surface area contributed by atoms with Crippen molar-refractivity contribution in [1.82, 2.24) is 15.6 Å². The third kappa shape index (κ3) is 3.89. The molecular formula is C10H15N3O. The number of aromatic nitrogens is 1. The lowest BCUT2D eigenvalue weighted by atomic mass is 10.3. The Balaban J connectivity index is 2.24. The van der Waals surface area contributed by atoms with Gasteiger partial charge in [-0.2, -0.15) is 0 Å². The van der Waals surface area contributed by atoms with Crippen LogP contribution in [0.1, 0.15) is 19.0 Å². The molecule has 0 aliphatic heterocycles. The van der Waals surface area contributed by atoms with Gasteiger partial charge in [0.1, 0.15) is 0 Å². The molecule has 4 heteroatoms. The maximum Gasteiger partial charge on any atom is 0.315 e. The van der Waals surface area contributed by atoms with Crippen molar-refractivity contribution in [2.75, 3.05) is 6.54 Å². The maximum atomic E-state index is 11.1. The fraction of sp³-hybridized carbons (Fsp3) is 0.400. The monoisotopic (exact) mass is 193 g/mol. The number of hydrogen-bond acceptors (Lipinski definition) is 2. The fourth-order valence-electron chi connectivity index (χ4n) is 0.975. The minimum atomic E-state index is -0.141. The first-order valence-corrected chi connectivity index (χ1v) is 4.74. The lowest BCUT2D eigenvalue weighted by molar-refractivity contribution is 0.240. The first-order valence-electron chi connectivity index (χ1n) is 4.74. The van der Waals surface area contributed by atoms with E-state index < -0.39 is 0 Å². The molecule has 0 fully saturated rings. The second kappa shape index (κ2) is 5.96. The number of hydrogen-bond donors (Lipinski definition) is 2. The number of carbonyl (C=O) groups excluding carboxylic acids is 1. The smallest absolute Gasteiger partial charge is 0.315 e. The lowest BCUT2D eigenvalue weighted by Gasteiger charge is -2.05. The summed E-state index contributed by atoms with van der Waals surface area (Å²) >= 11 is 0. The van der Waals surface area contributed by atoms with Crippen LogP contribution in [0.2, 0.25) is 0 Å². The van der Waals surface area contributed by atoms with Crippen molar-refractivity contribution in [3.05, 3.63) is 30.1 Å². The van der Waals surface area contributed by atoms with E-state index in [1.165, 1.54) is 0 Å². The summed E-state index contributed by atoms with van der Waals surface area (Å²) in [6.07, 6.45) is 2.65. The molecule has 0 saturated carbocycles. The van der Waals surface area contributed by atoms with Crippen LogP contribution in [-0.2, 0) is 6.54 Å². The molecule has 0 aliphatic carbocycles. The number of urea groups is 1. The molecule has 14 heavy (non-hydrogen) atoms. The minimum Gasteiger partial charge on any atom is -0.338 e. The van der Waals surface area contributed by atoms with Crippen LogP contribution < -0.4 is 10.6 Å². The molecule has 4 nitrogen and oxygen atoms in total. The normalized spacial score (nSPS) is 9.50. The van der Waals surface area contributed by atoms with Gasteiger partial charge in [0.15, 0.2) is 0 Å². The summed E-state index contributed by atoms with van der Waals surface area (Å²) < 4.78 is 0. The molecule has 0 bridgehead atoms. The summed E-state index contributed by atoms with van der Waals surface area (Å²) in [4.78, 5) is 15.2. The van der Waals surface area contributed by atoms with Crippen molar-refractivity contribution in [2.24, 2.45) is 0 Å². The second-order valence-electron chi connectivity index (χ2n) is 2.93. The Morgan fingerprint density at radius 1 is 1.43 bits per heavy atom. The Kier molecular flexibility index (Phi) is 4.47. The van der Waals surface area contributed by atoms with Crippen LogP contribution >= 0.6 is 0 Å². The molecule has 1 aromatic heterocycles. The van der Waals surface area contributed by atoms with Crippen molar-refractivity contribution in [3.8, 4) is 0 Å². The van der Waals surface area contributed by atoms with E-state index in [1.54, 1.807) is 6.20 Å². The first-order chi connectivity index (χ1) is 6.83. The minimum absolute atomic E-state index is 0.141. The topological polar surface area (TPSA) is 54.0 Å². The molecule has 0 radical (unpaired) electrons. The average molecular weight is 193 g/mol. The molecule has 1 rings (SSSR count). The van der Waals surface area contributed by atoms with Crippen molar-refractivity contribution in [3.63, 3.8) is 0 Å². The van der Waals surface area contributed by atoms with Gasteiger partial charge in [-0.15, -0.1) is 0 Å². The molecule has 0 unspecified atom stereocenters. The van der Waals surface area contributed by atoms with Gasteiger partial charge in [-0.25, -0.2) is 4.79 Å². The number of rotatable bonds is 4. The van der Waals surface area contributed by atoms with Gasteiger partial charge >= 0.3 is 6.03 Å². The summed E-state index contributed by atoms with van der Waals surface area (Å²) in [6, 6.07) is 5.48. The zero-order valence-corrected chi connectivity index (χ0v) is 8.29. The Morgan fingerprint density at radius 2 is 2.29 bits per heavy atom. The van der Waals surface area contributed by atoms with Crippen molar-refractivity contribution >= 4 is 6.03 Å². The standard InChI is InChI=1S/C10H15N3O/c1-2-6-12-10(14)13-8-9-5-3-4-7-11-9/h3-5,7H,2,6,8H2,1H3,(H2,12,13,14). The van der Waals surface area contributed by atoms with E-state index in [2.05, 4.69) is 15.6 Å². The van der Waals surface area contributed by atoms with Crippen LogP contribution in [0.5, 0.6) is 0 Å². The molecule has 1 heterocycles. The summed E-state index contributed by atoms with van der Waals surface area (Å²) in [5, 5.41) is 5.45. The number of nitrogens with zero attached hydrogens (tertiary/aromatic N) is 1. The Hall–Kier alpha value is -1.58. The van der Waals surface area contributed by atoms with Gasteiger partial charge in [0.25, 0.3) is 0 Å². The van der Waals surface area contributed by atoms with Crippen LogP contribution in [0.4, 0.5) is 4.79 Å². The Labute approximate surface area is 83.7 Å². The van der Waals surface area contributed by atoms with Gasteiger partial charge < -0.3 is 10.6 Å². The van der Waals surface area contributed by atoms with Gasteiger partial charge in [-0.3, -0.25) is 4.98 Å². The molecule has 0 aromatic carbocycles. The van der Waals surface area contributed by atoms with E-state index in [4.69, 9.17) is 0 Å². The number of pyridine rings is 1. The highest BCUT2D eigenvalue weighted by molar-refractivity contribution is 5.73. The highest BCUT2D eigenvalue weighted by atomic mass is 16.2. The molecule has 0 aliphatic rings. The summed E-state index contributed by atoms with van der Waals surface area (Å²) in [7, 11) is 0. The number of nitrogens with one attached hydrogen (secondary N) is 2. The van der Waals surface area contributed by atoms with Crippen LogP contribution in [0, 0.1) is 0 Å². The van der Waals surface area contributed by atoms with Crippen LogP contribution in [0.15, 0.2) is 24.4 Å². The largest absolute Gasteiger partial charge is 0.338 e. The third-order valence-corrected chi connectivity index (χ3v) is 1.69. The Morgan fingerprint density at radius 3 is 2.93 bits per heavy atom. The van der Waals surface area contributed by atoms with Crippen LogP contribution in [0.3, 0.4) is 0 Å². The molecule has 0 atom stereocenters. The molecule has 2 N–H and O–H groups in total. The maximum absolute atomic E-state index is 11.1. The SMILES string of the molecule is CCCNC(=O)NCc1ccccn1. The van der Waals surface area contributed by atoms with E-state index in [-0.39, 0.29) is 6.03 Å². The zero-order valence-electron chi connectivity index (χ0n) is 8.29. The number of carbonyl (C=O) groups is 1. The van der Waals surface area contributed by atoms with Crippen molar-refractivity contribution < 1.29 is 4.79 Å². The highest BCUT2D eigenvalue weighted by Gasteiger charge is 1.98. The highest BCUT2D eigenvalue weighted by Crippen LogP contribution is 1.91. The predicted octanol–water partition coefficient (Wildman–Crippen LogP) is 1.29. The fourth-order valence-corrected chi connectivity index (χ4v) is 0.975. The van der Waals surface area contributed by atoms with Crippen molar-refractivity contribution in [2.45, 2.75) is 19.9 Å². The van der Waals surface area contributed by atoms with Gasteiger partial charge in [0.2, 0.25) is 0 Å². The van der Waals surface area contributed by atoms with Crippen LogP contribution in [-0.4, -0.2) is 17.6 Å². The predicted molar refractivity (Wildman–Crippen MR) is 54.8 cm³/mol. The van der Waals surface area contributed by atoms with E-state index in [1.807, 2.05) is 25.1 Å². The molecule has 1 aromatic rings. The molecule has 76 valence electrons. The van der Waals surface area contributed by atoms with Crippen LogP contribution in [0.25, 0.3) is 0 Å². The third-order valence-electron chi connectivity index (χ3n) is 1.69. The summed E-state index contributed by atoms with van der Waals surface area (Å²) in [6.45, 7) is 3.18. The van der Waals surface area contributed by atoms with Gasteiger partial charge in [0, 0.05) is 12.7 Å². The average Bonchev–Trinajstić information content (AvgIpc) is 2.25. The van der Waals surface area contributed by atoms with E-state index in [9.17, 15) is 4.79 Å². The molecular weight excluding hydrogens is 178 g/mol. The first kappa shape index (κ1) is 10.5. The van der Waals surface area contributed by atoms with Crippen molar-refractivity contribution in [1.29, 1.82) is 0 Å². The van der Waals surface area contributed by atoms with Gasteiger partial charge in [-0.1, -0.05) is 13.0 Å². The van der Waals surface area contributed by atoms with Gasteiger partial charge in [-0.05, 0) is 18.6 Å². The van der Waals surface area contributed by atoms with E-state index in [0.717, 1.165) is 12.1 Å². The van der Waals surface area contributed by atoms with E-state index in [0.29, 0.717) is 13.1 Å². The quantitative estimate of drug-likeness (QED) is 0.757.